The highest BCUT2D eigenvalue weighted by Gasteiger charge is 2.67. The topological polar surface area (TPSA) is 36.9 Å². The highest BCUT2D eigenvalue weighted by Crippen LogP contribution is 2.59. The second-order valence-electron chi connectivity index (χ2n) is 7.22. The first kappa shape index (κ1) is 12.6. The molecule has 0 aromatic rings. The third-order valence-corrected chi connectivity index (χ3v) is 5.97. The minimum atomic E-state index is -0.627. The van der Waals surface area contributed by atoms with Crippen molar-refractivity contribution < 1.29 is 19.2 Å². The molecule has 0 radical (unpaired) electrons. The van der Waals surface area contributed by atoms with Gasteiger partial charge in [-0.3, -0.25) is 0 Å². The Morgan fingerprint density at radius 1 is 0.947 bits per heavy atom. The van der Waals surface area contributed by atoms with Gasteiger partial charge < -0.3 is 9.47 Å². The summed E-state index contributed by atoms with van der Waals surface area (Å²) in [4.78, 5) is 11.7. The maximum atomic E-state index is 6.16. The van der Waals surface area contributed by atoms with Crippen LogP contribution in [0.1, 0.15) is 46.5 Å². The van der Waals surface area contributed by atoms with E-state index >= 15 is 0 Å². The Morgan fingerprint density at radius 2 is 1.74 bits per heavy atom. The van der Waals surface area contributed by atoms with Crippen molar-refractivity contribution in [2.75, 3.05) is 6.61 Å². The van der Waals surface area contributed by atoms with Gasteiger partial charge >= 0.3 is 0 Å². The van der Waals surface area contributed by atoms with Gasteiger partial charge in [0.2, 0.25) is 5.79 Å². The molecule has 0 aromatic carbocycles. The van der Waals surface area contributed by atoms with Crippen molar-refractivity contribution in [2.45, 2.75) is 64.1 Å². The Kier molecular flexibility index (Phi) is 2.61. The van der Waals surface area contributed by atoms with Crippen molar-refractivity contribution in [1.82, 2.24) is 0 Å². The molecule has 108 valence electrons. The van der Waals surface area contributed by atoms with Crippen LogP contribution in [0.25, 0.3) is 0 Å². The third kappa shape index (κ3) is 1.54. The van der Waals surface area contributed by atoms with Gasteiger partial charge in [0.15, 0.2) is 11.9 Å². The Labute approximate surface area is 114 Å². The number of ether oxygens (including phenoxy) is 2. The smallest absolute Gasteiger partial charge is 0.201 e. The van der Waals surface area contributed by atoms with Gasteiger partial charge in [0, 0.05) is 12.3 Å². The predicted molar refractivity (Wildman–Crippen MR) is 67.9 cm³/mol. The molecule has 5 rings (SSSR count). The molecule has 4 heterocycles. The fourth-order valence-corrected chi connectivity index (χ4v) is 4.88. The van der Waals surface area contributed by atoms with E-state index in [1.54, 1.807) is 0 Å². The quantitative estimate of drug-likeness (QED) is 0.633. The zero-order valence-electron chi connectivity index (χ0n) is 12.1. The Hall–Kier alpha value is -0.160. The number of hydrogen-bond donors (Lipinski definition) is 0. The van der Waals surface area contributed by atoms with Gasteiger partial charge in [-0.05, 0) is 43.9 Å². The van der Waals surface area contributed by atoms with Crippen LogP contribution in [-0.4, -0.2) is 24.3 Å². The van der Waals surface area contributed by atoms with Crippen molar-refractivity contribution in [2.24, 2.45) is 23.7 Å². The van der Waals surface area contributed by atoms with Gasteiger partial charge in [0.25, 0.3) is 0 Å². The number of rotatable bonds is 0. The zero-order valence-corrected chi connectivity index (χ0v) is 12.1. The maximum absolute atomic E-state index is 6.16. The molecule has 5 aliphatic rings. The molecule has 4 saturated heterocycles. The van der Waals surface area contributed by atoms with Gasteiger partial charge in [-0.25, -0.2) is 9.78 Å². The summed E-state index contributed by atoms with van der Waals surface area (Å²) in [5, 5.41) is 0. The molecule has 4 nitrogen and oxygen atoms in total. The molecule has 19 heavy (non-hydrogen) atoms. The van der Waals surface area contributed by atoms with E-state index in [4.69, 9.17) is 19.2 Å². The van der Waals surface area contributed by atoms with Crippen LogP contribution in [0.3, 0.4) is 0 Å². The minimum Gasteiger partial charge on any atom is -0.349 e. The summed E-state index contributed by atoms with van der Waals surface area (Å²) in [6.07, 6.45) is 4.24. The number of hydrogen-bond acceptors (Lipinski definition) is 4. The standard InChI is InChI=1S/C15H24O4/c1-9-4-5-11-10(2)8-16-13-15(11)12(9)6-7-14(3,17-13)18-19-15/h9-13H,4-8H2,1-3H3/t9?,10-,11?,12?,13?,14-,15?/m0/s1. The molecule has 5 fully saturated rings. The Balaban J connectivity index is 1.81. The number of fused-ring (bicyclic) bond motifs is 2. The summed E-state index contributed by atoms with van der Waals surface area (Å²) in [6, 6.07) is 0. The third-order valence-electron chi connectivity index (χ3n) is 5.97. The lowest BCUT2D eigenvalue weighted by molar-refractivity contribution is -0.566. The first-order valence-electron chi connectivity index (χ1n) is 7.71. The summed E-state index contributed by atoms with van der Waals surface area (Å²) in [5.74, 6) is 1.53. The first-order valence-corrected chi connectivity index (χ1v) is 7.71. The summed E-state index contributed by atoms with van der Waals surface area (Å²) in [7, 11) is 0. The van der Waals surface area contributed by atoms with E-state index in [-0.39, 0.29) is 11.9 Å². The van der Waals surface area contributed by atoms with E-state index in [2.05, 4.69) is 13.8 Å². The molecule has 0 aromatic heterocycles. The molecule has 7 atom stereocenters. The van der Waals surface area contributed by atoms with Gasteiger partial charge in [-0.1, -0.05) is 13.8 Å². The highest BCUT2D eigenvalue weighted by molar-refractivity contribution is 5.08. The molecular formula is C15H24O4. The second-order valence-corrected chi connectivity index (χ2v) is 7.22. The van der Waals surface area contributed by atoms with E-state index < -0.39 is 5.79 Å². The molecule has 0 amide bonds. The van der Waals surface area contributed by atoms with Crippen molar-refractivity contribution in [3.8, 4) is 0 Å². The van der Waals surface area contributed by atoms with Crippen LogP contribution in [0, 0.1) is 23.7 Å². The average Bonchev–Trinajstić information content (AvgIpc) is 2.61. The van der Waals surface area contributed by atoms with Crippen LogP contribution in [0.2, 0.25) is 0 Å². The normalized spacial score (nSPS) is 60.5. The average molecular weight is 268 g/mol. The fraction of sp³-hybridized carbons (Fsp3) is 1.00. The predicted octanol–water partition coefficient (Wildman–Crippen LogP) is 2.87. The molecule has 5 unspecified atom stereocenters. The Bertz CT molecular complexity index is 386. The van der Waals surface area contributed by atoms with Crippen LogP contribution in [0.4, 0.5) is 0 Å². The van der Waals surface area contributed by atoms with Crippen molar-refractivity contribution in [3.05, 3.63) is 0 Å². The van der Waals surface area contributed by atoms with Crippen LogP contribution < -0.4 is 0 Å². The van der Waals surface area contributed by atoms with E-state index in [0.717, 1.165) is 19.4 Å². The SMILES string of the molecule is CC1CCC2[C@@H](C)COC3O[C@]4(C)CCC1C32OO4. The van der Waals surface area contributed by atoms with Gasteiger partial charge in [-0.15, -0.1) is 0 Å². The van der Waals surface area contributed by atoms with Crippen molar-refractivity contribution >= 4 is 0 Å². The van der Waals surface area contributed by atoms with E-state index in [9.17, 15) is 0 Å². The molecule has 1 saturated carbocycles. The lowest BCUT2D eigenvalue weighted by atomic mass is 9.58. The molecule has 1 aliphatic carbocycles. The van der Waals surface area contributed by atoms with Crippen molar-refractivity contribution in [1.29, 1.82) is 0 Å². The molecule has 4 heteroatoms. The fourth-order valence-electron chi connectivity index (χ4n) is 4.88. The van der Waals surface area contributed by atoms with Gasteiger partial charge in [0.05, 0.1) is 6.61 Å². The monoisotopic (exact) mass is 268 g/mol. The zero-order chi connectivity index (χ0) is 13.3. The summed E-state index contributed by atoms with van der Waals surface area (Å²) in [5.41, 5.74) is -0.370. The van der Waals surface area contributed by atoms with Gasteiger partial charge in [-0.2, -0.15) is 0 Å². The minimum absolute atomic E-state index is 0.248. The maximum Gasteiger partial charge on any atom is 0.201 e. The lowest BCUT2D eigenvalue weighted by Gasteiger charge is -2.58. The first-order chi connectivity index (χ1) is 9.05. The van der Waals surface area contributed by atoms with Gasteiger partial charge in [0.1, 0.15) is 0 Å². The summed E-state index contributed by atoms with van der Waals surface area (Å²) >= 11 is 0. The largest absolute Gasteiger partial charge is 0.349 e. The van der Waals surface area contributed by atoms with Crippen LogP contribution in [0.5, 0.6) is 0 Å². The Morgan fingerprint density at radius 3 is 2.58 bits per heavy atom. The second kappa shape index (κ2) is 3.94. The molecule has 1 spiro atoms. The molecule has 4 aliphatic heterocycles. The highest BCUT2D eigenvalue weighted by atomic mass is 17.3. The summed E-state index contributed by atoms with van der Waals surface area (Å²) < 4.78 is 12.2. The van der Waals surface area contributed by atoms with Crippen LogP contribution >= 0.6 is 0 Å². The van der Waals surface area contributed by atoms with Crippen molar-refractivity contribution in [3.63, 3.8) is 0 Å². The van der Waals surface area contributed by atoms with Crippen LogP contribution in [-0.2, 0) is 19.2 Å². The van der Waals surface area contributed by atoms with E-state index in [0.29, 0.717) is 23.7 Å². The molecular weight excluding hydrogens is 244 g/mol. The van der Waals surface area contributed by atoms with E-state index in [1.165, 1.54) is 12.8 Å². The lowest BCUT2D eigenvalue weighted by Crippen LogP contribution is -2.68. The molecule has 0 N–H and O–H groups in total. The molecule has 2 bridgehead atoms. The van der Waals surface area contributed by atoms with E-state index in [1.807, 2.05) is 6.92 Å². The summed E-state index contributed by atoms with van der Waals surface area (Å²) in [6.45, 7) is 7.36. The van der Waals surface area contributed by atoms with Crippen LogP contribution in [0.15, 0.2) is 0 Å².